The maximum Gasteiger partial charge on any atom is 0.223 e. The molecule has 3 heteroatoms. The molecule has 0 radical (unpaired) electrons. The third kappa shape index (κ3) is 0.937. The SMILES string of the molecule is NC(=O)[C@]12CC3CC(C1)[C@@H](N)C(C3)C2. The Bertz CT molecular complexity index is 273. The highest BCUT2D eigenvalue weighted by Gasteiger charge is 2.56. The van der Waals surface area contributed by atoms with E-state index in [-0.39, 0.29) is 11.3 Å². The number of amides is 1. The van der Waals surface area contributed by atoms with Gasteiger partial charge in [0.1, 0.15) is 0 Å². The maximum absolute atomic E-state index is 11.5. The molecule has 78 valence electrons. The number of nitrogens with two attached hydrogens (primary N) is 2. The van der Waals surface area contributed by atoms with Crippen molar-refractivity contribution in [1.29, 1.82) is 0 Å². The summed E-state index contributed by atoms with van der Waals surface area (Å²) in [7, 11) is 0. The average Bonchev–Trinajstić information content (AvgIpc) is 2.12. The fraction of sp³-hybridized carbons (Fsp3) is 0.909. The molecule has 4 N–H and O–H groups in total. The number of rotatable bonds is 1. The molecule has 4 aliphatic rings. The molecule has 2 unspecified atom stereocenters. The second-order valence-electron chi connectivity index (χ2n) is 5.69. The third-order valence-corrected chi connectivity index (χ3v) is 4.87. The first-order valence-corrected chi connectivity index (χ1v) is 5.66. The molecule has 0 heterocycles. The molecule has 4 fully saturated rings. The lowest BCUT2D eigenvalue weighted by atomic mass is 9.48. The van der Waals surface area contributed by atoms with Gasteiger partial charge in [-0.3, -0.25) is 4.79 Å². The van der Waals surface area contributed by atoms with Gasteiger partial charge in [0.25, 0.3) is 0 Å². The van der Waals surface area contributed by atoms with E-state index in [1.165, 1.54) is 12.8 Å². The minimum absolute atomic E-state index is 0.0659. The van der Waals surface area contributed by atoms with E-state index in [0.29, 0.717) is 17.9 Å². The Labute approximate surface area is 84.2 Å². The Kier molecular flexibility index (Phi) is 1.56. The topological polar surface area (TPSA) is 69.1 Å². The summed E-state index contributed by atoms with van der Waals surface area (Å²) >= 11 is 0. The number of carbonyl (C=O) groups is 1. The van der Waals surface area contributed by atoms with Crippen LogP contribution in [-0.4, -0.2) is 11.9 Å². The molecule has 14 heavy (non-hydrogen) atoms. The van der Waals surface area contributed by atoms with Crippen LogP contribution >= 0.6 is 0 Å². The molecule has 2 atom stereocenters. The van der Waals surface area contributed by atoms with Crippen molar-refractivity contribution in [3.05, 3.63) is 0 Å². The van der Waals surface area contributed by atoms with E-state index in [2.05, 4.69) is 0 Å². The van der Waals surface area contributed by atoms with Crippen LogP contribution in [0.3, 0.4) is 0 Å². The van der Waals surface area contributed by atoms with Crippen LogP contribution in [0.25, 0.3) is 0 Å². The van der Waals surface area contributed by atoms with Crippen molar-refractivity contribution in [2.75, 3.05) is 0 Å². The minimum atomic E-state index is -0.160. The van der Waals surface area contributed by atoms with Crippen molar-refractivity contribution in [1.82, 2.24) is 0 Å². The summed E-state index contributed by atoms with van der Waals surface area (Å²) in [6.45, 7) is 0. The first-order chi connectivity index (χ1) is 6.61. The predicted molar refractivity (Wildman–Crippen MR) is 53.2 cm³/mol. The molecule has 0 aromatic rings. The summed E-state index contributed by atoms with van der Waals surface area (Å²) in [5.41, 5.74) is 11.6. The van der Waals surface area contributed by atoms with Gasteiger partial charge in [-0.2, -0.15) is 0 Å². The number of hydrogen-bond acceptors (Lipinski definition) is 2. The standard InChI is InChI=1S/C11H18N2O/c12-9-7-1-6-2-8(9)5-11(3-6,4-7)10(13)14/h6-9H,1-5,12H2,(H2,13,14)/t6?,7?,8?,9-,11-. The lowest BCUT2D eigenvalue weighted by Gasteiger charge is -2.58. The van der Waals surface area contributed by atoms with Gasteiger partial charge >= 0.3 is 0 Å². The Morgan fingerprint density at radius 2 is 1.71 bits per heavy atom. The molecule has 0 aliphatic heterocycles. The summed E-state index contributed by atoms with van der Waals surface area (Å²) in [4.78, 5) is 11.5. The predicted octanol–water partition coefficient (Wildman–Crippen LogP) is 0.625. The smallest absolute Gasteiger partial charge is 0.223 e. The molecule has 0 aromatic heterocycles. The van der Waals surface area contributed by atoms with Crippen molar-refractivity contribution in [2.45, 2.75) is 38.1 Å². The molecule has 4 bridgehead atoms. The van der Waals surface area contributed by atoms with Crippen LogP contribution in [0, 0.1) is 23.2 Å². The zero-order valence-corrected chi connectivity index (χ0v) is 8.41. The summed E-state index contributed by atoms with van der Waals surface area (Å²) < 4.78 is 0. The molecular formula is C11H18N2O. The van der Waals surface area contributed by atoms with Gasteiger partial charge in [-0.05, 0) is 49.9 Å². The van der Waals surface area contributed by atoms with Crippen molar-refractivity contribution >= 4 is 5.91 Å². The highest BCUT2D eigenvalue weighted by atomic mass is 16.1. The highest BCUT2D eigenvalue weighted by molar-refractivity contribution is 5.81. The van der Waals surface area contributed by atoms with Crippen molar-refractivity contribution in [3.63, 3.8) is 0 Å². The Morgan fingerprint density at radius 1 is 1.14 bits per heavy atom. The summed E-state index contributed by atoms with van der Waals surface area (Å²) in [5.74, 6) is 1.83. The molecule has 0 aromatic carbocycles. The molecule has 3 nitrogen and oxygen atoms in total. The van der Waals surface area contributed by atoms with E-state index >= 15 is 0 Å². The van der Waals surface area contributed by atoms with Gasteiger partial charge in [0.2, 0.25) is 5.91 Å². The van der Waals surface area contributed by atoms with Crippen LogP contribution in [0.2, 0.25) is 0 Å². The number of primary amides is 1. The van der Waals surface area contributed by atoms with Gasteiger partial charge in [-0.15, -0.1) is 0 Å². The Balaban J connectivity index is 1.96. The van der Waals surface area contributed by atoms with E-state index in [1.807, 2.05) is 0 Å². The monoisotopic (exact) mass is 194 g/mol. The van der Waals surface area contributed by atoms with Crippen molar-refractivity contribution in [2.24, 2.45) is 34.6 Å². The fourth-order valence-corrected chi connectivity index (χ4v) is 4.37. The van der Waals surface area contributed by atoms with E-state index in [9.17, 15) is 4.79 Å². The van der Waals surface area contributed by atoms with Gasteiger partial charge < -0.3 is 11.5 Å². The van der Waals surface area contributed by atoms with Crippen molar-refractivity contribution < 1.29 is 4.79 Å². The largest absolute Gasteiger partial charge is 0.369 e. The molecule has 0 saturated heterocycles. The third-order valence-electron chi connectivity index (χ3n) is 4.87. The molecule has 0 spiro atoms. The Hall–Kier alpha value is -0.570. The van der Waals surface area contributed by atoms with Crippen LogP contribution in [-0.2, 0) is 4.79 Å². The van der Waals surface area contributed by atoms with E-state index < -0.39 is 0 Å². The normalized spacial score (nSPS) is 54.9. The molecule has 4 aliphatic carbocycles. The van der Waals surface area contributed by atoms with Gasteiger partial charge in [0.05, 0.1) is 0 Å². The molecular weight excluding hydrogens is 176 g/mol. The second-order valence-corrected chi connectivity index (χ2v) is 5.69. The van der Waals surface area contributed by atoms with Crippen LogP contribution in [0.4, 0.5) is 0 Å². The zero-order valence-electron chi connectivity index (χ0n) is 8.41. The van der Waals surface area contributed by atoms with Crippen molar-refractivity contribution in [3.8, 4) is 0 Å². The first-order valence-electron chi connectivity index (χ1n) is 5.66. The molecule has 1 amide bonds. The van der Waals surface area contributed by atoms with E-state index in [4.69, 9.17) is 11.5 Å². The Morgan fingerprint density at radius 3 is 2.21 bits per heavy atom. The van der Waals surface area contributed by atoms with Crippen LogP contribution in [0.15, 0.2) is 0 Å². The quantitative estimate of drug-likeness (QED) is 0.642. The van der Waals surface area contributed by atoms with Crippen LogP contribution < -0.4 is 11.5 Å². The zero-order chi connectivity index (χ0) is 9.92. The maximum atomic E-state index is 11.5. The summed E-state index contributed by atoms with van der Waals surface area (Å²) in [6.07, 6.45) is 5.47. The minimum Gasteiger partial charge on any atom is -0.369 e. The highest BCUT2D eigenvalue weighted by Crippen LogP contribution is 2.59. The summed E-state index contributed by atoms with van der Waals surface area (Å²) in [6, 6.07) is 0.346. The molecule has 4 rings (SSSR count). The number of carbonyl (C=O) groups excluding carboxylic acids is 1. The lowest BCUT2D eigenvalue weighted by molar-refractivity contribution is -0.144. The van der Waals surface area contributed by atoms with Gasteiger partial charge in [0.15, 0.2) is 0 Å². The van der Waals surface area contributed by atoms with E-state index in [0.717, 1.165) is 25.2 Å². The average molecular weight is 194 g/mol. The van der Waals surface area contributed by atoms with Gasteiger partial charge in [-0.25, -0.2) is 0 Å². The van der Waals surface area contributed by atoms with Gasteiger partial charge in [0, 0.05) is 11.5 Å². The summed E-state index contributed by atoms with van der Waals surface area (Å²) in [5, 5.41) is 0. The van der Waals surface area contributed by atoms with Crippen LogP contribution in [0.5, 0.6) is 0 Å². The second kappa shape index (κ2) is 2.51. The first kappa shape index (κ1) is 8.72. The lowest BCUT2D eigenvalue weighted by Crippen LogP contribution is -2.60. The van der Waals surface area contributed by atoms with Gasteiger partial charge in [-0.1, -0.05) is 0 Å². The fourth-order valence-electron chi connectivity index (χ4n) is 4.37. The van der Waals surface area contributed by atoms with E-state index in [1.54, 1.807) is 0 Å². The molecule has 4 saturated carbocycles. The number of hydrogen-bond donors (Lipinski definition) is 2. The van der Waals surface area contributed by atoms with Crippen LogP contribution in [0.1, 0.15) is 32.1 Å².